The standard InChI is InChI=1S/C10H14N2.ClH/c1-8-4-2-5-10(12-8)9-6-3-7-11-9;/h2,4-5,9,11H,3,6-7H2,1H3;1H/t9-;/m1./s1. The van der Waals surface area contributed by atoms with Crippen molar-refractivity contribution in [2.75, 3.05) is 6.54 Å². The molecule has 2 heterocycles. The van der Waals surface area contributed by atoms with Gasteiger partial charge in [-0.1, -0.05) is 6.07 Å². The summed E-state index contributed by atoms with van der Waals surface area (Å²) in [5.74, 6) is 0. The molecule has 0 amide bonds. The molecule has 0 aromatic carbocycles. The van der Waals surface area contributed by atoms with E-state index in [1.807, 2.05) is 13.0 Å². The lowest BCUT2D eigenvalue weighted by Crippen LogP contribution is -2.14. The molecule has 1 saturated heterocycles. The summed E-state index contributed by atoms with van der Waals surface area (Å²) in [4.78, 5) is 4.49. The lowest BCUT2D eigenvalue weighted by molar-refractivity contribution is 0.626. The molecule has 0 bridgehead atoms. The number of aryl methyl sites for hydroxylation is 1. The van der Waals surface area contributed by atoms with Crippen LogP contribution in [0.3, 0.4) is 0 Å². The first-order valence-electron chi connectivity index (χ1n) is 4.53. The maximum Gasteiger partial charge on any atom is 0.0576 e. The van der Waals surface area contributed by atoms with Crippen LogP contribution in [-0.4, -0.2) is 11.5 Å². The van der Waals surface area contributed by atoms with Crippen molar-refractivity contribution in [2.24, 2.45) is 0 Å². The van der Waals surface area contributed by atoms with Crippen LogP contribution in [-0.2, 0) is 0 Å². The summed E-state index contributed by atoms with van der Waals surface area (Å²) in [5, 5.41) is 3.44. The van der Waals surface area contributed by atoms with Crippen LogP contribution in [0.5, 0.6) is 0 Å². The van der Waals surface area contributed by atoms with Crippen molar-refractivity contribution in [3.8, 4) is 0 Å². The van der Waals surface area contributed by atoms with Gasteiger partial charge >= 0.3 is 0 Å². The van der Waals surface area contributed by atoms with E-state index >= 15 is 0 Å². The Morgan fingerprint density at radius 2 is 2.31 bits per heavy atom. The van der Waals surface area contributed by atoms with Gasteiger partial charge in [-0.15, -0.1) is 12.4 Å². The van der Waals surface area contributed by atoms with Crippen molar-refractivity contribution in [1.82, 2.24) is 10.3 Å². The quantitative estimate of drug-likeness (QED) is 0.749. The van der Waals surface area contributed by atoms with Crippen LogP contribution in [0.25, 0.3) is 0 Å². The van der Waals surface area contributed by atoms with Gasteiger partial charge in [-0.3, -0.25) is 4.98 Å². The van der Waals surface area contributed by atoms with Crippen LogP contribution in [0.15, 0.2) is 18.2 Å². The molecule has 1 fully saturated rings. The third-order valence-electron chi connectivity index (χ3n) is 2.33. The predicted molar refractivity (Wildman–Crippen MR) is 56.2 cm³/mol. The molecular formula is C10H15ClN2. The first kappa shape index (κ1) is 10.5. The van der Waals surface area contributed by atoms with E-state index in [-0.39, 0.29) is 12.4 Å². The summed E-state index contributed by atoms with van der Waals surface area (Å²) in [5.41, 5.74) is 2.31. The average molecular weight is 199 g/mol. The molecule has 2 nitrogen and oxygen atoms in total. The van der Waals surface area contributed by atoms with Gasteiger partial charge in [0.15, 0.2) is 0 Å². The monoisotopic (exact) mass is 198 g/mol. The van der Waals surface area contributed by atoms with E-state index in [2.05, 4.69) is 22.4 Å². The molecule has 1 aromatic heterocycles. The minimum atomic E-state index is 0. The highest BCUT2D eigenvalue weighted by molar-refractivity contribution is 5.85. The van der Waals surface area contributed by atoms with Gasteiger partial charge in [0.1, 0.15) is 0 Å². The number of nitrogens with zero attached hydrogens (tertiary/aromatic N) is 1. The topological polar surface area (TPSA) is 24.9 Å². The van der Waals surface area contributed by atoms with Crippen LogP contribution in [0.2, 0.25) is 0 Å². The second kappa shape index (κ2) is 4.58. The van der Waals surface area contributed by atoms with Crippen molar-refractivity contribution < 1.29 is 0 Å². The number of pyridine rings is 1. The third-order valence-corrected chi connectivity index (χ3v) is 2.33. The molecule has 1 N–H and O–H groups in total. The summed E-state index contributed by atoms with van der Waals surface area (Å²) in [6.07, 6.45) is 2.51. The molecule has 0 unspecified atom stereocenters. The molecule has 0 radical (unpaired) electrons. The smallest absolute Gasteiger partial charge is 0.0576 e. The zero-order chi connectivity index (χ0) is 8.39. The fraction of sp³-hybridized carbons (Fsp3) is 0.500. The second-order valence-electron chi connectivity index (χ2n) is 3.35. The van der Waals surface area contributed by atoms with Crippen LogP contribution in [0, 0.1) is 6.92 Å². The Hall–Kier alpha value is -0.600. The molecule has 0 saturated carbocycles. The van der Waals surface area contributed by atoms with E-state index in [1.165, 1.54) is 18.5 Å². The molecular weight excluding hydrogens is 184 g/mol. The summed E-state index contributed by atoms with van der Waals surface area (Å²) >= 11 is 0. The lowest BCUT2D eigenvalue weighted by atomic mass is 10.1. The first-order chi connectivity index (χ1) is 5.86. The number of aromatic nitrogens is 1. The molecule has 72 valence electrons. The molecule has 1 aromatic rings. The van der Waals surface area contributed by atoms with Gasteiger partial charge in [-0.2, -0.15) is 0 Å². The Labute approximate surface area is 85.2 Å². The van der Waals surface area contributed by atoms with Gasteiger partial charge in [0, 0.05) is 11.7 Å². The maximum atomic E-state index is 4.49. The first-order valence-corrected chi connectivity index (χ1v) is 4.53. The normalized spacial score (nSPS) is 21.2. The number of halogens is 1. The zero-order valence-corrected chi connectivity index (χ0v) is 8.60. The van der Waals surface area contributed by atoms with Gasteiger partial charge in [-0.25, -0.2) is 0 Å². The molecule has 2 rings (SSSR count). The van der Waals surface area contributed by atoms with E-state index in [0.717, 1.165) is 12.2 Å². The van der Waals surface area contributed by atoms with Crippen molar-refractivity contribution >= 4 is 12.4 Å². The highest BCUT2D eigenvalue weighted by Gasteiger charge is 2.16. The molecule has 1 aliphatic rings. The Balaban J connectivity index is 0.000000845. The van der Waals surface area contributed by atoms with Crippen molar-refractivity contribution in [3.05, 3.63) is 29.6 Å². The molecule has 0 aliphatic carbocycles. The summed E-state index contributed by atoms with van der Waals surface area (Å²) < 4.78 is 0. The Morgan fingerprint density at radius 1 is 1.46 bits per heavy atom. The maximum absolute atomic E-state index is 4.49. The van der Waals surface area contributed by atoms with E-state index in [9.17, 15) is 0 Å². The highest BCUT2D eigenvalue weighted by atomic mass is 35.5. The van der Waals surface area contributed by atoms with E-state index < -0.39 is 0 Å². The molecule has 1 atom stereocenters. The molecule has 0 spiro atoms. The summed E-state index contributed by atoms with van der Waals surface area (Å²) in [7, 11) is 0. The van der Waals surface area contributed by atoms with Crippen LogP contribution < -0.4 is 5.32 Å². The Kier molecular flexibility index (Phi) is 3.70. The minimum Gasteiger partial charge on any atom is -0.309 e. The third kappa shape index (κ3) is 2.42. The van der Waals surface area contributed by atoms with Crippen molar-refractivity contribution in [1.29, 1.82) is 0 Å². The van der Waals surface area contributed by atoms with Gasteiger partial charge in [0.25, 0.3) is 0 Å². The Morgan fingerprint density at radius 3 is 2.92 bits per heavy atom. The van der Waals surface area contributed by atoms with Gasteiger partial charge in [0.2, 0.25) is 0 Å². The fourth-order valence-corrected chi connectivity index (χ4v) is 1.70. The van der Waals surface area contributed by atoms with Crippen LogP contribution >= 0.6 is 12.4 Å². The highest BCUT2D eigenvalue weighted by Crippen LogP contribution is 2.20. The summed E-state index contributed by atoms with van der Waals surface area (Å²) in [6.45, 7) is 3.18. The van der Waals surface area contributed by atoms with Gasteiger partial charge in [-0.05, 0) is 38.4 Å². The van der Waals surface area contributed by atoms with E-state index in [1.54, 1.807) is 0 Å². The molecule has 3 heteroatoms. The average Bonchev–Trinajstić information content (AvgIpc) is 2.56. The van der Waals surface area contributed by atoms with Crippen molar-refractivity contribution in [3.63, 3.8) is 0 Å². The zero-order valence-electron chi connectivity index (χ0n) is 7.79. The molecule has 1 aliphatic heterocycles. The largest absolute Gasteiger partial charge is 0.309 e. The summed E-state index contributed by atoms with van der Waals surface area (Å²) in [6, 6.07) is 6.73. The second-order valence-corrected chi connectivity index (χ2v) is 3.35. The molecule has 13 heavy (non-hydrogen) atoms. The van der Waals surface area contributed by atoms with Crippen LogP contribution in [0.4, 0.5) is 0 Å². The van der Waals surface area contributed by atoms with E-state index in [4.69, 9.17) is 0 Å². The fourth-order valence-electron chi connectivity index (χ4n) is 1.70. The minimum absolute atomic E-state index is 0. The van der Waals surface area contributed by atoms with E-state index in [0.29, 0.717) is 6.04 Å². The number of hydrogen-bond acceptors (Lipinski definition) is 2. The van der Waals surface area contributed by atoms with Crippen LogP contribution in [0.1, 0.15) is 30.3 Å². The predicted octanol–water partition coefficient (Wildman–Crippen LogP) is 2.24. The Bertz CT molecular complexity index is 269. The number of rotatable bonds is 1. The van der Waals surface area contributed by atoms with Gasteiger partial charge < -0.3 is 5.32 Å². The SMILES string of the molecule is Cc1cccc([C@H]2CCCN2)n1.Cl. The number of nitrogens with one attached hydrogen (secondary N) is 1. The lowest BCUT2D eigenvalue weighted by Gasteiger charge is -2.09. The van der Waals surface area contributed by atoms with Gasteiger partial charge in [0.05, 0.1) is 5.69 Å². The van der Waals surface area contributed by atoms with Crippen molar-refractivity contribution in [2.45, 2.75) is 25.8 Å². The number of hydrogen-bond donors (Lipinski definition) is 1.